The van der Waals surface area contributed by atoms with Crippen molar-refractivity contribution in [2.75, 3.05) is 7.11 Å². The van der Waals surface area contributed by atoms with E-state index >= 15 is 0 Å². The molecule has 1 N–H and O–H groups in total. The molecule has 0 aliphatic carbocycles. The van der Waals surface area contributed by atoms with Crippen LogP contribution in [0.1, 0.15) is 45.6 Å². The molecule has 1 heteroatoms. The minimum absolute atomic E-state index is 0. The molecule has 1 aromatic carbocycles. The van der Waals surface area contributed by atoms with Gasteiger partial charge in [0, 0.05) is 7.11 Å². The van der Waals surface area contributed by atoms with E-state index in [1.807, 2.05) is 0 Å². The molecule has 0 spiro atoms. The SMILES string of the molecule is C.CCC(CC)c1ccccc1.CO. The number of hydrogen-bond acceptors (Lipinski definition) is 1. The van der Waals surface area contributed by atoms with Crippen LogP contribution in [0.3, 0.4) is 0 Å². The van der Waals surface area contributed by atoms with E-state index < -0.39 is 0 Å². The molecule has 0 aromatic heterocycles. The van der Waals surface area contributed by atoms with Gasteiger partial charge < -0.3 is 5.11 Å². The molecule has 0 atom stereocenters. The van der Waals surface area contributed by atoms with Crippen LogP contribution in [0, 0.1) is 0 Å². The number of benzene rings is 1. The van der Waals surface area contributed by atoms with Gasteiger partial charge in [0.05, 0.1) is 0 Å². The predicted molar refractivity (Wildman–Crippen MR) is 64.6 cm³/mol. The maximum Gasteiger partial charge on any atom is 0.0319 e. The van der Waals surface area contributed by atoms with E-state index in [1.54, 1.807) is 0 Å². The van der Waals surface area contributed by atoms with Gasteiger partial charge in [0.25, 0.3) is 0 Å². The summed E-state index contributed by atoms with van der Waals surface area (Å²) in [7, 11) is 1.00. The number of aliphatic hydroxyl groups excluding tert-OH is 1. The van der Waals surface area contributed by atoms with Gasteiger partial charge in [0.15, 0.2) is 0 Å². The largest absolute Gasteiger partial charge is 0.400 e. The van der Waals surface area contributed by atoms with Crippen molar-refractivity contribution < 1.29 is 5.11 Å². The average Bonchev–Trinajstić information content (AvgIpc) is 2.24. The highest BCUT2D eigenvalue weighted by atomic mass is 16.2. The van der Waals surface area contributed by atoms with Gasteiger partial charge >= 0.3 is 0 Å². The van der Waals surface area contributed by atoms with E-state index in [0.29, 0.717) is 0 Å². The Morgan fingerprint density at radius 3 is 1.79 bits per heavy atom. The van der Waals surface area contributed by atoms with Crippen LogP contribution in [-0.4, -0.2) is 12.2 Å². The van der Waals surface area contributed by atoms with Gasteiger partial charge in [-0.25, -0.2) is 0 Å². The second-order valence-electron chi connectivity index (χ2n) is 2.92. The first-order valence-electron chi connectivity index (χ1n) is 4.88. The van der Waals surface area contributed by atoms with Crippen molar-refractivity contribution in [1.29, 1.82) is 0 Å². The van der Waals surface area contributed by atoms with E-state index in [1.165, 1.54) is 18.4 Å². The van der Waals surface area contributed by atoms with Gasteiger partial charge in [-0.2, -0.15) is 0 Å². The quantitative estimate of drug-likeness (QED) is 0.779. The molecule has 1 nitrogen and oxygen atoms in total. The van der Waals surface area contributed by atoms with Gasteiger partial charge in [0.2, 0.25) is 0 Å². The van der Waals surface area contributed by atoms with Crippen LogP contribution in [-0.2, 0) is 0 Å². The molecule has 0 bridgehead atoms. The van der Waals surface area contributed by atoms with Crippen molar-refractivity contribution in [3.63, 3.8) is 0 Å². The van der Waals surface area contributed by atoms with Crippen molar-refractivity contribution >= 4 is 0 Å². The van der Waals surface area contributed by atoms with Crippen LogP contribution < -0.4 is 0 Å². The molecular formula is C13H24O. The Balaban J connectivity index is 0. The van der Waals surface area contributed by atoms with Gasteiger partial charge in [-0.15, -0.1) is 0 Å². The third kappa shape index (κ3) is 5.03. The summed E-state index contributed by atoms with van der Waals surface area (Å²) >= 11 is 0. The molecule has 1 aromatic rings. The fourth-order valence-corrected chi connectivity index (χ4v) is 1.49. The zero-order valence-corrected chi connectivity index (χ0v) is 8.83. The minimum Gasteiger partial charge on any atom is -0.400 e. The third-order valence-corrected chi connectivity index (χ3v) is 2.26. The zero-order valence-electron chi connectivity index (χ0n) is 8.83. The minimum atomic E-state index is 0. The maximum absolute atomic E-state index is 7.00. The molecule has 14 heavy (non-hydrogen) atoms. The van der Waals surface area contributed by atoms with E-state index in [2.05, 4.69) is 44.2 Å². The lowest BCUT2D eigenvalue weighted by Gasteiger charge is -2.11. The second-order valence-corrected chi connectivity index (χ2v) is 2.92. The Morgan fingerprint density at radius 2 is 1.43 bits per heavy atom. The van der Waals surface area contributed by atoms with Crippen LogP contribution >= 0.6 is 0 Å². The molecule has 0 fully saturated rings. The topological polar surface area (TPSA) is 20.2 Å². The molecule has 0 amide bonds. The summed E-state index contributed by atoms with van der Waals surface area (Å²) in [6, 6.07) is 10.8. The lowest BCUT2D eigenvalue weighted by atomic mass is 9.94. The maximum atomic E-state index is 7.00. The Bertz CT molecular complexity index is 190. The first-order chi connectivity index (χ1) is 6.38. The fourth-order valence-electron chi connectivity index (χ4n) is 1.49. The van der Waals surface area contributed by atoms with Crippen LogP contribution in [0.15, 0.2) is 30.3 Å². The highest BCUT2D eigenvalue weighted by molar-refractivity contribution is 5.18. The normalized spacial score (nSPS) is 8.64. The Hall–Kier alpha value is -0.820. The molecule has 0 unspecified atom stereocenters. The predicted octanol–water partition coefficient (Wildman–Crippen LogP) is 3.83. The molecule has 0 saturated carbocycles. The Labute approximate surface area is 88.8 Å². The van der Waals surface area contributed by atoms with Crippen molar-refractivity contribution in [3.8, 4) is 0 Å². The second kappa shape index (κ2) is 10.3. The Morgan fingerprint density at radius 1 is 1.00 bits per heavy atom. The van der Waals surface area contributed by atoms with Gasteiger partial charge in [-0.05, 0) is 24.3 Å². The van der Waals surface area contributed by atoms with E-state index in [4.69, 9.17) is 5.11 Å². The summed E-state index contributed by atoms with van der Waals surface area (Å²) in [5.74, 6) is 0.760. The molecular weight excluding hydrogens is 172 g/mol. The smallest absolute Gasteiger partial charge is 0.0319 e. The first-order valence-corrected chi connectivity index (χ1v) is 4.88. The molecule has 0 aliphatic heterocycles. The lowest BCUT2D eigenvalue weighted by molar-refractivity contribution is 0.399. The van der Waals surface area contributed by atoms with Crippen molar-refractivity contribution in [2.45, 2.75) is 40.0 Å². The van der Waals surface area contributed by atoms with E-state index in [-0.39, 0.29) is 7.43 Å². The Kier molecular flexibility index (Phi) is 11.5. The standard InChI is InChI=1S/C11H16.CH4O.CH4/c1-3-10(4-2)11-8-6-5-7-9-11;1-2;/h5-10H,3-4H2,1-2H3;2H,1H3;1H4. The highest BCUT2D eigenvalue weighted by Gasteiger charge is 2.03. The summed E-state index contributed by atoms with van der Waals surface area (Å²) in [5, 5.41) is 7.00. The summed E-state index contributed by atoms with van der Waals surface area (Å²) in [6.45, 7) is 4.50. The summed E-state index contributed by atoms with van der Waals surface area (Å²) in [4.78, 5) is 0. The first kappa shape index (κ1) is 15.6. The van der Waals surface area contributed by atoms with Crippen LogP contribution in [0.25, 0.3) is 0 Å². The van der Waals surface area contributed by atoms with Crippen LogP contribution in [0.4, 0.5) is 0 Å². The summed E-state index contributed by atoms with van der Waals surface area (Å²) in [5.41, 5.74) is 1.48. The summed E-state index contributed by atoms with van der Waals surface area (Å²) < 4.78 is 0. The number of rotatable bonds is 3. The summed E-state index contributed by atoms with van der Waals surface area (Å²) in [6.07, 6.45) is 2.50. The van der Waals surface area contributed by atoms with Crippen LogP contribution in [0.5, 0.6) is 0 Å². The van der Waals surface area contributed by atoms with Gasteiger partial charge in [0.1, 0.15) is 0 Å². The molecule has 0 saturated heterocycles. The van der Waals surface area contributed by atoms with Crippen molar-refractivity contribution in [1.82, 2.24) is 0 Å². The molecule has 0 aliphatic rings. The molecule has 1 rings (SSSR count). The average molecular weight is 196 g/mol. The third-order valence-electron chi connectivity index (χ3n) is 2.26. The lowest BCUT2D eigenvalue weighted by Crippen LogP contribution is -1.93. The highest BCUT2D eigenvalue weighted by Crippen LogP contribution is 2.21. The van der Waals surface area contributed by atoms with Crippen molar-refractivity contribution in [2.24, 2.45) is 0 Å². The van der Waals surface area contributed by atoms with E-state index in [0.717, 1.165) is 13.0 Å². The van der Waals surface area contributed by atoms with E-state index in [9.17, 15) is 0 Å². The van der Waals surface area contributed by atoms with Crippen LogP contribution in [0.2, 0.25) is 0 Å². The number of hydrogen-bond donors (Lipinski definition) is 1. The molecule has 82 valence electrons. The van der Waals surface area contributed by atoms with Crippen molar-refractivity contribution in [3.05, 3.63) is 35.9 Å². The molecule has 0 radical (unpaired) electrons. The van der Waals surface area contributed by atoms with Gasteiger partial charge in [-0.1, -0.05) is 51.6 Å². The zero-order chi connectivity index (χ0) is 10.1. The number of aliphatic hydroxyl groups is 1. The fraction of sp³-hybridized carbons (Fsp3) is 0.538. The van der Waals surface area contributed by atoms with Gasteiger partial charge in [-0.3, -0.25) is 0 Å². The molecule has 0 heterocycles. The monoisotopic (exact) mass is 196 g/mol.